The van der Waals surface area contributed by atoms with Crippen molar-refractivity contribution in [2.24, 2.45) is 0 Å². The third kappa shape index (κ3) is 4.15. The van der Waals surface area contributed by atoms with Crippen molar-refractivity contribution in [3.8, 4) is 0 Å². The number of benzene rings is 3. The number of amides is 1. The highest BCUT2D eigenvalue weighted by atomic mass is 35.5. The van der Waals surface area contributed by atoms with E-state index >= 15 is 0 Å². The van der Waals surface area contributed by atoms with Crippen LogP contribution in [0.3, 0.4) is 0 Å². The summed E-state index contributed by atoms with van der Waals surface area (Å²) in [4.78, 5) is 13.0. The topological polar surface area (TPSA) is 66.5 Å². The van der Waals surface area contributed by atoms with Gasteiger partial charge in [-0.2, -0.15) is 0 Å². The summed E-state index contributed by atoms with van der Waals surface area (Å²) in [5.74, 6) is -0.278. The molecule has 1 atom stereocenters. The number of carbonyl (C=O) groups is 1. The van der Waals surface area contributed by atoms with Gasteiger partial charge < -0.3 is 5.32 Å². The molecule has 0 spiro atoms. The summed E-state index contributed by atoms with van der Waals surface area (Å²) in [6, 6.07) is 16.2. The highest BCUT2D eigenvalue weighted by Crippen LogP contribution is 2.37. The molecule has 8 heteroatoms. The molecular weight excluding hydrogens is 455 g/mol. The third-order valence-corrected chi connectivity index (χ3v) is 7.74. The molecule has 0 fully saturated rings. The molecular formula is C23H20Cl2N2O3S. The number of anilines is 2. The molecule has 1 amide bonds. The van der Waals surface area contributed by atoms with Gasteiger partial charge >= 0.3 is 0 Å². The van der Waals surface area contributed by atoms with Crippen molar-refractivity contribution in [3.63, 3.8) is 0 Å². The first-order valence-electron chi connectivity index (χ1n) is 9.67. The van der Waals surface area contributed by atoms with Gasteiger partial charge in [-0.1, -0.05) is 29.3 Å². The number of halogens is 2. The van der Waals surface area contributed by atoms with E-state index in [1.165, 1.54) is 16.4 Å². The van der Waals surface area contributed by atoms with Gasteiger partial charge in [0.1, 0.15) is 0 Å². The number of hydrogen-bond donors (Lipinski definition) is 1. The van der Waals surface area contributed by atoms with Crippen LogP contribution in [0.5, 0.6) is 0 Å². The summed E-state index contributed by atoms with van der Waals surface area (Å²) in [5.41, 5.74) is 3.38. The molecule has 0 radical (unpaired) electrons. The molecule has 0 unspecified atom stereocenters. The van der Waals surface area contributed by atoms with Gasteiger partial charge in [0, 0.05) is 27.3 Å². The zero-order valence-electron chi connectivity index (χ0n) is 16.9. The van der Waals surface area contributed by atoms with Crippen molar-refractivity contribution in [1.29, 1.82) is 0 Å². The number of nitrogens with zero attached hydrogens (tertiary/aromatic N) is 1. The van der Waals surface area contributed by atoms with E-state index in [4.69, 9.17) is 23.2 Å². The maximum Gasteiger partial charge on any atom is 0.264 e. The summed E-state index contributed by atoms with van der Waals surface area (Å²) in [5, 5.41) is 3.88. The first kappa shape index (κ1) is 21.7. The summed E-state index contributed by atoms with van der Waals surface area (Å²) >= 11 is 11.9. The molecule has 3 aromatic rings. The van der Waals surface area contributed by atoms with E-state index in [2.05, 4.69) is 5.32 Å². The highest BCUT2D eigenvalue weighted by molar-refractivity contribution is 7.92. The first-order valence-corrected chi connectivity index (χ1v) is 11.9. The number of nitrogens with one attached hydrogen (secondary N) is 1. The lowest BCUT2D eigenvalue weighted by Crippen LogP contribution is -2.35. The van der Waals surface area contributed by atoms with Crippen LogP contribution < -0.4 is 9.62 Å². The van der Waals surface area contributed by atoms with Crippen LogP contribution in [0, 0.1) is 6.92 Å². The monoisotopic (exact) mass is 474 g/mol. The average Bonchev–Trinajstić information content (AvgIpc) is 3.06. The summed E-state index contributed by atoms with van der Waals surface area (Å²) in [7, 11) is -3.75. The Morgan fingerprint density at radius 1 is 1.00 bits per heavy atom. The van der Waals surface area contributed by atoms with Crippen molar-refractivity contribution in [1.82, 2.24) is 0 Å². The molecule has 31 heavy (non-hydrogen) atoms. The van der Waals surface area contributed by atoms with Crippen LogP contribution in [-0.2, 0) is 16.4 Å². The van der Waals surface area contributed by atoms with E-state index in [1.54, 1.807) is 42.5 Å². The van der Waals surface area contributed by atoms with Gasteiger partial charge in [0.05, 0.1) is 10.6 Å². The van der Waals surface area contributed by atoms with Gasteiger partial charge in [-0.15, -0.1) is 0 Å². The molecule has 1 N–H and O–H groups in total. The number of fused-ring (bicyclic) bond motifs is 1. The van der Waals surface area contributed by atoms with E-state index in [0.717, 1.165) is 11.1 Å². The quantitative estimate of drug-likeness (QED) is 0.527. The van der Waals surface area contributed by atoms with Crippen molar-refractivity contribution >= 4 is 50.5 Å². The Morgan fingerprint density at radius 2 is 1.68 bits per heavy atom. The summed E-state index contributed by atoms with van der Waals surface area (Å²) in [6.07, 6.45) is 0.513. The fourth-order valence-corrected chi connectivity index (χ4v) is 5.74. The SMILES string of the molecule is Cc1ccc(Cl)cc1NC(=O)c1ccc2c(c1)C[C@H](C)N2S(=O)(=O)c1ccc(Cl)cc1. The maximum atomic E-state index is 13.2. The Morgan fingerprint density at radius 3 is 2.39 bits per heavy atom. The van der Waals surface area contributed by atoms with Crippen molar-refractivity contribution in [2.75, 3.05) is 9.62 Å². The van der Waals surface area contributed by atoms with Crippen LogP contribution in [0.25, 0.3) is 0 Å². The predicted molar refractivity (Wildman–Crippen MR) is 125 cm³/mol. The predicted octanol–water partition coefficient (Wildman–Crippen LogP) is 5.69. The molecule has 0 aliphatic carbocycles. The van der Waals surface area contributed by atoms with Crippen molar-refractivity contribution in [2.45, 2.75) is 31.2 Å². The van der Waals surface area contributed by atoms with Gasteiger partial charge in [-0.25, -0.2) is 8.42 Å². The van der Waals surface area contributed by atoms with E-state index in [0.29, 0.717) is 33.4 Å². The molecule has 4 rings (SSSR count). The molecule has 5 nitrogen and oxygen atoms in total. The Balaban J connectivity index is 1.64. The summed E-state index contributed by atoms with van der Waals surface area (Å²) < 4.78 is 27.9. The smallest absolute Gasteiger partial charge is 0.264 e. The maximum absolute atomic E-state index is 13.2. The lowest BCUT2D eigenvalue weighted by molar-refractivity contribution is 0.102. The van der Waals surface area contributed by atoms with Crippen LogP contribution in [0.4, 0.5) is 11.4 Å². The number of sulfonamides is 1. The van der Waals surface area contributed by atoms with Crippen LogP contribution in [0.2, 0.25) is 10.0 Å². The minimum absolute atomic E-state index is 0.176. The molecule has 0 aromatic heterocycles. The van der Waals surface area contributed by atoms with E-state index < -0.39 is 10.0 Å². The lowest BCUT2D eigenvalue weighted by atomic mass is 10.1. The van der Waals surface area contributed by atoms with Gasteiger partial charge in [0.2, 0.25) is 0 Å². The molecule has 3 aromatic carbocycles. The van der Waals surface area contributed by atoms with E-state index in [-0.39, 0.29) is 16.8 Å². The normalized spacial score (nSPS) is 15.6. The van der Waals surface area contributed by atoms with Crippen LogP contribution >= 0.6 is 23.2 Å². The highest BCUT2D eigenvalue weighted by Gasteiger charge is 2.36. The Kier molecular flexibility index (Phi) is 5.73. The van der Waals surface area contributed by atoms with E-state index in [1.807, 2.05) is 19.9 Å². The molecule has 1 heterocycles. The molecule has 0 saturated heterocycles. The minimum atomic E-state index is -3.75. The Labute approximate surface area is 191 Å². The third-order valence-electron chi connectivity index (χ3n) is 5.31. The standard InChI is InChI=1S/C23H20Cl2N2O3S/c1-14-3-5-19(25)13-21(14)26-23(28)16-4-10-22-17(12-16)11-15(2)27(22)31(29,30)20-8-6-18(24)7-9-20/h3-10,12-13,15H,11H2,1-2H3,(H,26,28)/t15-/m0/s1. The molecule has 1 aliphatic rings. The zero-order chi connectivity index (χ0) is 22.3. The Hall–Kier alpha value is -2.54. The van der Waals surface area contributed by atoms with Crippen LogP contribution in [0.1, 0.15) is 28.4 Å². The zero-order valence-corrected chi connectivity index (χ0v) is 19.2. The molecule has 0 bridgehead atoms. The molecule has 0 saturated carbocycles. The van der Waals surface area contributed by atoms with Crippen molar-refractivity contribution in [3.05, 3.63) is 87.4 Å². The number of aryl methyl sites for hydroxylation is 1. The lowest BCUT2D eigenvalue weighted by Gasteiger charge is -2.24. The minimum Gasteiger partial charge on any atom is -0.322 e. The first-order chi connectivity index (χ1) is 14.7. The van der Waals surface area contributed by atoms with Crippen molar-refractivity contribution < 1.29 is 13.2 Å². The number of carbonyl (C=O) groups excluding carboxylic acids is 1. The second-order valence-electron chi connectivity index (χ2n) is 7.56. The van der Waals surface area contributed by atoms with Crippen LogP contribution in [0.15, 0.2) is 65.6 Å². The molecule has 1 aliphatic heterocycles. The Bertz CT molecular complexity index is 1270. The fraction of sp³-hybridized carbons (Fsp3) is 0.174. The van der Waals surface area contributed by atoms with E-state index in [9.17, 15) is 13.2 Å². The fourth-order valence-electron chi connectivity index (χ4n) is 3.75. The van der Waals surface area contributed by atoms with Crippen LogP contribution in [-0.4, -0.2) is 20.4 Å². The van der Waals surface area contributed by atoms with Gasteiger partial charge in [-0.05, 0) is 86.0 Å². The second kappa shape index (κ2) is 8.19. The van der Waals surface area contributed by atoms with Gasteiger partial charge in [0.25, 0.3) is 15.9 Å². The molecule has 160 valence electrons. The average molecular weight is 475 g/mol. The number of hydrogen-bond acceptors (Lipinski definition) is 3. The summed E-state index contributed by atoms with van der Waals surface area (Å²) in [6.45, 7) is 3.73. The second-order valence-corrected chi connectivity index (χ2v) is 10.3. The number of rotatable bonds is 4. The largest absolute Gasteiger partial charge is 0.322 e. The van der Waals surface area contributed by atoms with Gasteiger partial charge in [-0.3, -0.25) is 9.10 Å². The van der Waals surface area contributed by atoms with Gasteiger partial charge in [0.15, 0.2) is 0 Å².